The summed E-state index contributed by atoms with van der Waals surface area (Å²) >= 11 is 0. The molecule has 1 aliphatic rings. The fourth-order valence-corrected chi connectivity index (χ4v) is 3.56. The second-order valence-electron chi connectivity index (χ2n) is 4.12. The summed E-state index contributed by atoms with van der Waals surface area (Å²) < 4.78 is 23.8. The van der Waals surface area contributed by atoms with Crippen LogP contribution in [0.1, 0.15) is 12.8 Å². The van der Waals surface area contributed by atoms with Crippen LogP contribution in [0.4, 0.5) is 0 Å². The van der Waals surface area contributed by atoms with Crippen molar-refractivity contribution in [1.29, 1.82) is 0 Å². The molecule has 1 saturated heterocycles. The number of amides is 2. The zero-order valence-corrected chi connectivity index (χ0v) is 11.0. The van der Waals surface area contributed by atoms with E-state index in [0.29, 0.717) is 25.9 Å². The summed E-state index contributed by atoms with van der Waals surface area (Å²) in [6.45, 7) is 0.640. The quantitative estimate of drug-likeness (QED) is 0.652. The van der Waals surface area contributed by atoms with Crippen LogP contribution in [0.25, 0.3) is 0 Å². The number of carbonyl (C=O) groups excluding carboxylic acids is 2. The molecule has 100 valence electrons. The maximum Gasteiger partial charge on any atom is 0.298 e. The Bertz CT molecular complexity index is 470. The number of likely N-dealkylation sites (tertiary alicyclic amines) is 1. The van der Waals surface area contributed by atoms with Crippen molar-refractivity contribution in [1.82, 2.24) is 10.2 Å². The molecule has 1 heterocycles. The van der Waals surface area contributed by atoms with Gasteiger partial charge >= 0.3 is 0 Å². The van der Waals surface area contributed by atoms with Crippen molar-refractivity contribution in [3.05, 3.63) is 0 Å². The first kappa shape index (κ1) is 14.5. The third kappa shape index (κ3) is 3.47. The molecule has 0 aliphatic carbocycles. The average Bonchev–Trinajstić information content (AvgIpc) is 2.37. The average molecular weight is 272 g/mol. The zero-order valence-electron chi connectivity index (χ0n) is 10.2. The molecule has 0 aromatic heterocycles. The van der Waals surface area contributed by atoms with Crippen molar-refractivity contribution in [2.75, 3.05) is 25.9 Å². The Morgan fingerprint density at radius 2 is 1.94 bits per heavy atom. The molecule has 1 N–H and O–H groups in total. The van der Waals surface area contributed by atoms with Gasteiger partial charge in [-0.1, -0.05) is 0 Å². The molecule has 0 spiro atoms. The second-order valence-corrected chi connectivity index (χ2v) is 6.40. The molecule has 0 atom stereocenters. The van der Waals surface area contributed by atoms with Crippen LogP contribution in [0.15, 0.2) is 0 Å². The predicted molar refractivity (Wildman–Crippen MR) is 66.3 cm³/mol. The van der Waals surface area contributed by atoms with Gasteiger partial charge in [0.15, 0.2) is 9.84 Å². The summed E-state index contributed by atoms with van der Waals surface area (Å²) in [4.78, 5) is 23.8. The SMILES string of the molecule is C#CC(=O)N1CCC(S(=O)(=O)CC(=O)NC)CC1. The number of carbonyl (C=O) groups is 2. The molecule has 0 aromatic carbocycles. The number of nitrogens with one attached hydrogen (secondary N) is 1. The lowest BCUT2D eigenvalue weighted by Gasteiger charge is -2.30. The first-order chi connectivity index (χ1) is 8.40. The Morgan fingerprint density at radius 3 is 2.39 bits per heavy atom. The van der Waals surface area contributed by atoms with Crippen LogP contribution in [0.2, 0.25) is 0 Å². The smallest absolute Gasteiger partial charge is 0.298 e. The summed E-state index contributed by atoms with van der Waals surface area (Å²) in [5.74, 6) is 0.564. The van der Waals surface area contributed by atoms with Gasteiger partial charge in [-0.05, 0) is 18.8 Å². The second kappa shape index (κ2) is 5.87. The summed E-state index contributed by atoms with van der Waals surface area (Å²) in [5.41, 5.74) is 0. The standard InChI is InChI=1S/C11H16N2O4S/c1-3-11(15)13-6-4-9(5-7-13)18(16,17)8-10(14)12-2/h1,9H,4-8H2,2H3,(H,12,14). The van der Waals surface area contributed by atoms with Crippen molar-refractivity contribution in [3.63, 3.8) is 0 Å². The van der Waals surface area contributed by atoms with E-state index in [9.17, 15) is 18.0 Å². The van der Waals surface area contributed by atoms with E-state index in [1.807, 2.05) is 5.92 Å². The summed E-state index contributed by atoms with van der Waals surface area (Å²) in [7, 11) is -2.06. The number of piperidine rings is 1. The van der Waals surface area contributed by atoms with E-state index >= 15 is 0 Å². The van der Waals surface area contributed by atoms with Crippen LogP contribution >= 0.6 is 0 Å². The number of rotatable bonds is 3. The lowest BCUT2D eigenvalue weighted by Crippen LogP contribution is -2.43. The van der Waals surface area contributed by atoms with Crippen molar-refractivity contribution in [2.45, 2.75) is 18.1 Å². The molecule has 1 rings (SSSR count). The van der Waals surface area contributed by atoms with E-state index in [1.165, 1.54) is 11.9 Å². The van der Waals surface area contributed by atoms with Gasteiger partial charge in [-0.3, -0.25) is 9.59 Å². The van der Waals surface area contributed by atoms with E-state index in [2.05, 4.69) is 5.32 Å². The van der Waals surface area contributed by atoms with Crippen LogP contribution in [0, 0.1) is 12.3 Å². The summed E-state index contributed by atoms with van der Waals surface area (Å²) in [5, 5.41) is 1.71. The molecule has 0 saturated carbocycles. The van der Waals surface area contributed by atoms with Gasteiger partial charge in [-0.15, -0.1) is 6.42 Å². The van der Waals surface area contributed by atoms with E-state index in [4.69, 9.17) is 6.42 Å². The van der Waals surface area contributed by atoms with Crippen LogP contribution in [-0.4, -0.2) is 56.3 Å². The molecule has 18 heavy (non-hydrogen) atoms. The monoisotopic (exact) mass is 272 g/mol. The highest BCUT2D eigenvalue weighted by atomic mass is 32.2. The highest BCUT2D eigenvalue weighted by Crippen LogP contribution is 2.18. The molecular weight excluding hydrogens is 256 g/mol. The van der Waals surface area contributed by atoms with Gasteiger partial charge in [0.1, 0.15) is 5.75 Å². The third-order valence-corrected chi connectivity index (χ3v) is 5.12. The van der Waals surface area contributed by atoms with Gasteiger partial charge in [-0.25, -0.2) is 8.42 Å². The topological polar surface area (TPSA) is 83.6 Å². The first-order valence-electron chi connectivity index (χ1n) is 5.58. The van der Waals surface area contributed by atoms with Gasteiger partial charge in [-0.2, -0.15) is 0 Å². The highest BCUT2D eigenvalue weighted by Gasteiger charge is 2.32. The highest BCUT2D eigenvalue weighted by molar-refractivity contribution is 7.92. The van der Waals surface area contributed by atoms with Crippen molar-refractivity contribution in [2.24, 2.45) is 0 Å². The van der Waals surface area contributed by atoms with Gasteiger partial charge in [0.2, 0.25) is 5.91 Å². The van der Waals surface area contributed by atoms with E-state index in [1.54, 1.807) is 0 Å². The van der Waals surface area contributed by atoms with Crippen LogP contribution in [-0.2, 0) is 19.4 Å². The van der Waals surface area contributed by atoms with Crippen LogP contribution in [0.5, 0.6) is 0 Å². The summed E-state index contributed by atoms with van der Waals surface area (Å²) in [6.07, 6.45) is 5.65. The van der Waals surface area contributed by atoms with Gasteiger partial charge in [0, 0.05) is 20.1 Å². The van der Waals surface area contributed by atoms with E-state index in [0.717, 1.165) is 0 Å². The molecule has 0 radical (unpaired) electrons. The van der Waals surface area contributed by atoms with Crippen LogP contribution in [0.3, 0.4) is 0 Å². The fraction of sp³-hybridized carbons (Fsp3) is 0.636. The Kier molecular flexibility index (Phi) is 4.73. The molecule has 0 bridgehead atoms. The number of hydrogen-bond acceptors (Lipinski definition) is 4. The minimum absolute atomic E-state index is 0.320. The lowest BCUT2D eigenvalue weighted by atomic mass is 10.1. The third-order valence-electron chi connectivity index (χ3n) is 2.97. The zero-order chi connectivity index (χ0) is 13.8. The number of nitrogens with zero attached hydrogens (tertiary/aromatic N) is 1. The lowest BCUT2D eigenvalue weighted by molar-refractivity contribution is -0.126. The van der Waals surface area contributed by atoms with Gasteiger partial charge in [0.05, 0.1) is 5.25 Å². The molecule has 1 fully saturated rings. The Hall–Kier alpha value is -1.55. The summed E-state index contributed by atoms with van der Waals surface area (Å²) in [6, 6.07) is 0. The van der Waals surface area contributed by atoms with E-state index < -0.39 is 32.7 Å². The number of hydrogen-bond donors (Lipinski definition) is 1. The molecule has 0 aromatic rings. The maximum atomic E-state index is 11.9. The Balaban J connectivity index is 2.60. The van der Waals surface area contributed by atoms with Crippen molar-refractivity contribution in [3.8, 4) is 12.3 Å². The molecule has 0 unspecified atom stereocenters. The first-order valence-corrected chi connectivity index (χ1v) is 7.30. The largest absolute Gasteiger partial charge is 0.358 e. The minimum atomic E-state index is -3.45. The van der Waals surface area contributed by atoms with Crippen molar-refractivity contribution < 1.29 is 18.0 Å². The molecular formula is C11H16N2O4S. The molecule has 1 aliphatic heterocycles. The maximum absolute atomic E-state index is 11.9. The minimum Gasteiger partial charge on any atom is -0.358 e. The molecule has 7 heteroatoms. The van der Waals surface area contributed by atoms with Gasteiger partial charge in [0.25, 0.3) is 5.91 Å². The number of terminal acetylenes is 1. The molecule has 2 amide bonds. The Morgan fingerprint density at radius 1 is 1.39 bits per heavy atom. The van der Waals surface area contributed by atoms with Crippen LogP contribution < -0.4 is 5.32 Å². The Labute approximate surface area is 107 Å². The predicted octanol–water partition coefficient (Wildman–Crippen LogP) is -1.23. The normalized spacial score (nSPS) is 17.0. The fourth-order valence-electron chi connectivity index (χ4n) is 1.88. The number of sulfone groups is 1. The van der Waals surface area contributed by atoms with E-state index in [-0.39, 0.29) is 0 Å². The van der Waals surface area contributed by atoms with Crippen molar-refractivity contribution >= 4 is 21.7 Å². The molecule has 6 nitrogen and oxygen atoms in total. The van der Waals surface area contributed by atoms with Gasteiger partial charge < -0.3 is 10.2 Å².